The second-order valence-electron chi connectivity index (χ2n) is 4.05. The molecule has 0 spiro atoms. The molecule has 0 bridgehead atoms. The van der Waals surface area contributed by atoms with Crippen molar-refractivity contribution < 1.29 is 9.53 Å². The molecule has 1 atom stereocenters. The van der Waals surface area contributed by atoms with Crippen LogP contribution in [0.1, 0.15) is 6.92 Å². The van der Waals surface area contributed by atoms with E-state index in [1.54, 1.807) is 19.1 Å². The third kappa shape index (κ3) is 3.73. The van der Waals surface area contributed by atoms with E-state index in [9.17, 15) is 4.79 Å². The molecule has 1 amide bonds. The van der Waals surface area contributed by atoms with E-state index in [0.717, 1.165) is 5.69 Å². The van der Waals surface area contributed by atoms with Crippen molar-refractivity contribution in [3.05, 3.63) is 59.6 Å². The highest BCUT2D eigenvalue weighted by Gasteiger charge is 2.15. The molecule has 98 valence electrons. The Labute approximate surface area is 117 Å². The molecule has 0 aliphatic rings. The molecule has 4 heteroatoms. The van der Waals surface area contributed by atoms with Crippen LogP contribution in [-0.2, 0) is 4.79 Å². The van der Waals surface area contributed by atoms with Crippen LogP contribution >= 0.6 is 11.6 Å². The van der Waals surface area contributed by atoms with Gasteiger partial charge < -0.3 is 10.1 Å². The topological polar surface area (TPSA) is 38.3 Å². The summed E-state index contributed by atoms with van der Waals surface area (Å²) in [6.45, 7) is 1.68. The molecule has 0 fully saturated rings. The predicted octanol–water partition coefficient (Wildman–Crippen LogP) is 3.75. The van der Waals surface area contributed by atoms with Crippen molar-refractivity contribution in [2.24, 2.45) is 0 Å². The van der Waals surface area contributed by atoms with Crippen molar-refractivity contribution in [1.82, 2.24) is 0 Å². The van der Waals surface area contributed by atoms with Crippen LogP contribution < -0.4 is 10.1 Å². The molecule has 2 aromatic carbocycles. The Morgan fingerprint density at radius 1 is 1.11 bits per heavy atom. The summed E-state index contributed by atoms with van der Waals surface area (Å²) < 4.78 is 5.54. The number of amides is 1. The number of halogens is 1. The average molecular weight is 276 g/mol. The first-order valence-electron chi connectivity index (χ1n) is 5.94. The Morgan fingerprint density at radius 2 is 1.74 bits per heavy atom. The van der Waals surface area contributed by atoms with Crippen LogP contribution in [0.2, 0.25) is 5.02 Å². The standard InChI is InChI=1S/C15H14ClNO2/c1-11(19-14-10-6-5-9-13(14)16)15(18)17-12-7-3-2-4-8-12/h2-11H,1H3,(H,17,18). The van der Waals surface area contributed by atoms with E-state index in [0.29, 0.717) is 10.8 Å². The van der Waals surface area contributed by atoms with E-state index in [1.807, 2.05) is 42.5 Å². The van der Waals surface area contributed by atoms with Crippen molar-refractivity contribution in [3.63, 3.8) is 0 Å². The Balaban J connectivity index is 1.98. The number of rotatable bonds is 4. The van der Waals surface area contributed by atoms with Gasteiger partial charge in [0.05, 0.1) is 5.02 Å². The minimum absolute atomic E-state index is 0.217. The molecular formula is C15H14ClNO2. The minimum atomic E-state index is -0.625. The molecule has 19 heavy (non-hydrogen) atoms. The fraction of sp³-hybridized carbons (Fsp3) is 0.133. The summed E-state index contributed by atoms with van der Waals surface area (Å²) in [5, 5.41) is 3.26. The van der Waals surface area contributed by atoms with Gasteiger partial charge in [0.15, 0.2) is 6.10 Å². The molecule has 2 rings (SSSR count). The fourth-order valence-electron chi connectivity index (χ4n) is 1.55. The van der Waals surface area contributed by atoms with Crippen LogP contribution in [0.15, 0.2) is 54.6 Å². The van der Waals surface area contributed by atoms with E-state index in [4.69, 9.17) is 16.3 Å². The first kappa shape index (κ1) is 13.4. The number of carbonyl (C=O) groups excluding carboxylic acids is 1. The van der Waals surface area contributed by atoms with Crippen LogP contribution in [-0.4, -0.2) is 12.0 Å². The first-order chi connectivity index (χ1) is 9.16. The van der Waals surface area contributed by atoms with Gasteiger partial charge in [0.1, 0.15) is 5.75 Å². The van der Waals surface area contributed by atoms with Gasteiger partial charge in [0, 0.05) is 5.69 Å². The van der Waals surface area contributed by atoms with Crippen molar-refractivity contribution in [3.8, 4) is 5.75 Å². The maximum Gasteiger partial charge on any atom is 0.265 e. The third-order valence-electron chi connectivity index (χ3n) is 2.55. The Bertz CT molecular complexity index is 557. The Kier molecular flexibility index (Phi) is 4.42. The number of nitrogens with one attached hydrogen (secondary N) is 1. The van der Waals surface area contributed by atoms with E-state index in [2.05, 4.69) is 5.32 Å². The molecule has 0 heterocycles. The average Bonchev–Trinajstić information content (AvgIpc) is 2.42. The molecule has 2 aromatic rings. The lowest BCUT2D eigenvalue weighted by atomic mass is 10.3. The van der Waals surface area contributed by atoms with Gasteiger partial charge >= 0.3 is 0 Å². The SMILES string of the molecule is CC(Oc1ccccc1Cl)C(=O)Nc1ccccc1. The normalized spacial score (nSPS) is 11.7. The lowest BCUT2D eigenvalue weighted by molar-refractivity contribution is -0.122. The van der Waals surface area contributed by atoms with Crippen LogP contribution in [0.3, 0.4) is 0 Å². The number of carbonyl (C=O) groups is 1. The zero-order chi connectivity index (χ0) is 13.7. The number of anilines is 1. The quantitative estimate of drug-likeness (QED) is 0.923. The molecule has 1 unspecified atom stereocenters. The number of hydrogen-bond acceptors (Lipinski definition) is 2. The zero-order valence-corrected chi connectivity index (χ0v) is 11.2. The van der Waals surface area contributed by atoms with Gasteiger partial charge in [-0.25, -0.2) is 0 Å². The van der Waals surface area contributed by atoms with Crippen LogP contribution in [0.25, 0.3) is 0 Å². The summed E-state index contributed by atoms with van der Waals surface area (Å²) >= 11 is 5.98. The van der Waals surface area contributed by atoms with Crippen molar-refractivity contribution in [1.29, 1.82) is 0 Å². The van der Waals surface area contributed by atoms with Crippen molar-refractivity contribution in [2.75, 3.05) is 5.32 Å². The fourth-order valence-corrected chi connectivity index (χ4v) is 1.73. The van der Waals surface area contributed by atoms with Gasteiger partial charge in [-0.2, -0.15) is 0 Å². The van der Waals surface area contributed by atoms with Crippen molar-refractivity contribution >= 4 is 23.2 Å². The number of hydrogen-bond donors (Lipinski definition) is 1. The molecule has 0 saturated heterocycles. The van der Waals surface area contributed by atoms with Crippen molar-refractivity contribution in [2.45, 2.75) is 13.0 Å². The van der Waals surface area contributed by atoms with E-state index >= 15 is 0 Å². The second kappa shape index (κ2) is 6.25. The summed E-state index contributed by atoms with van der Waals surface area (Å²) in [5.74, 6) is 0.283. The third-order valence-corrected chi connectivity index (χ3v) is 2.86. The first-order valence-corrected chi connectivity index (χ1v) is 6.31. The maximum absolute atomic E-state index is 11.9. The molecule has 0 aliphatic heterocycles. The molecule has 1 N–H and O–H groups in total. The number of benzene rings is 2. The highest BCUT2D eigenvalue weighted by Crippen LogP contribution is 2.24. The lowest BCUT2D eigenvalue weighted by Gasteiger charge is -2.15. The summed E-state index contributed by atoms with van der Waals surface area (Å²) in [6.07, 6.45) is -0.625. The van der Waals surface area contributed by atoms with Gasteiger partial charge in [-0.3, -0.25) is 4.79 Å². The Morgan fingerprint density at radius 3 is 2.42 bits per heavy atom. The maximum atomic E-state index is 11.9. The lowest BCUT2D eigenvalue weighted by Crippen LogP contribution is -2.30. The summed E-state index contributed by atoms with van der Waals surface area (Å²) in [5.41, 5.74) is 0.738. The molecule has 0 radical (unpaired) electrons. The minimum Gasteiger partial charge on any atom is -0.479 e. The summed E-state index contributed by atoms with van der Waals surface area (Å²) in [6, 6.07) is 16.3. The van der Waals surface area contributed by atoms with E-state index in [-0.39, 0.29) is 5.91 Å². The van der Waals surface area contributed by atoms with Gasteiger partial charge in [-0.1, -0.05) is 41.9 Å². The van der Waals surface area contributed by atoms with E-state index < -0.39 is 6.10 Å². The summed E-state index contributed by atoms with van der Waals surface area (Å²) in [4.78, 5) is 11.9. The number of para-hydroxylation sites is 2. The smallest absolute Gasteiger partial charge is 0.265 e. The van der Waals surface area contributed by atoms with Crippen LogP contribution in [0.4, 0.5) is 5.69 Å². The highest BCUT2D eigenvalue weighted by atomic mass is 35.5. The van der Waals surface area contributed by atoms with Gasteiger partial charge in [-0.05, 0) is 31.2 Å². The zero-order valence-electron chi connectivity index (χ0n) is 10.5. The number of ether oxygens (including phenoxy) is 1. The molecule has 0 saturated carbocycles. The summed E-state index contributed by atoms with van der Waals surface area (Å²) in [7, 11) is 0. The molecule has 0 aromatic heterocycles. The molecule has 0 aliphatic carbocycles. The van der Waals surface area contributed by atoms with Gasteiger partial charge in [0.2, 0.25) is 0 Å². The Hall–Kier alpha value is -2.00. The van der Waals surface area contributed by atoms with Crippen LogP contribution in [0.5, 0.6) is 5.75 Å². The van der Waals surface area contributed by atoms with Gasteiger partial charge in [0.25, 0.3) is 5.91 Å². The van der Waals surface area contributed by atoms with E-state index in [1.165, 1.54) is 0 Å². The van der Waals surface area contributed by atoms with Crippen LogP contribution in [0, 0.1) is 0 Å². The highest BCUT2D eigenvalue weighted by molar-refractivity contribution is 6.32. The van der Waals surface area contributed by atoms with Gasteiger partial charge in [-0.15, -0.1) is 0 Å². The largest absolute Gasteiger partial charge is 0.479 e. The monoisotopic (exact) mass is 275 g/mol. The molecular weight excluding hydrogens is 262 g/mol. The second-order valence-corrected chi connectivity index (χ2v) is 4.45. The predicted molar refractivity (Wildman–Crippen MR) is 76.6 cm³/mol. The molecule has 3 nitrogen and oxygen atoms in total.